The summed E-state index contributed by atoms with van der Waals surface area (Å²) in [5.74, 6) is 0.765. The molecule has 0 bridgehead atoms. The Balaban J connectivity index is 1.94. The molecular formula is C16H21N3O2S. The number of rotatable bonds is 3. The van der Waals surface area contributed by atoms with Crippen LogP contribution in [0.3, 0.4) is 0 Å². The topological polar surface area (TPSA) is 66.2 Å². The van der Waals surface area contributed by atoms with Crippen LogP contribution in [0.4, 0.5) is 4.79 Å². The van der Waals surface area contributed by atoms with Gasteiger partial charge in [-0.2, -0.15) is 5.26 Å². The summed E-state index contributed by atoms with van der Waals surface area (Å²) in [5, 5.41) is 9.72. The molecule has 118 valence electrons. The minimum atomic E-state index is -0.472. The van der Waals surface area contributed by atoms with Crippen LogP contribution in [0.15, 0.2) is 23.4 Å². The lowest BCUT2D eigenvalue weighted by Crippen LogP contribution is -2.40. The Hall–Kier alpha value is -1.74. The standard InChI is InChI=1S/C16H21N3O2S/c1-16(2,3)21-15(20)19-8-4-5-13(19)11-22-14-9-12(10-17)6-7-18-14/h6-7,9,13H,4-5,8,11H2,1-3H3/t13-/m0/s1. The van der Waals surface area contributed by atoms with Gasteiger partial charge in [0.2, 0.25) is 0 Å². The predicted molar refractivity (Wildman–Crippen MR) is 85.6 cm³/mol. The summed E-state index contributed by atoms with van der Waals surface area (Å²) in [5.41, 5.74) is 0.132. The van der Waals surface area contributed by atoms with Crippen LogP contribution < -0.4 is 0 Å². The molecular weight excluding hydrogens is 298 g/mol. The highest BCUT2D eigenvalue weighted by Crippen LogP contribution is 2.26. The Morgan fingerprint density at radius 3 is 3.05 bits per heavy atom. The van der Waals surface area contributed by atoms with Gasteiger partial charge in [0.05, 0.1) is 16.7 Å². The van der Waals surface area contributed by atoms with Gasteiger partial charge < -0.3 is 9.64 Å². The molecule has 1 aromatic rings. The molecule has 6 heteroatoms. The average Bonchev–Trinajstić information content (AvgIpc) is 2.92. The van der Waals surface area contributed by atoms with Crippen LogP contribution in [0.5, 0.6) is 0 Å². The highest BCUT2D eigenvalue weighted by molar-refractivity contribution is 7.99. The van der Waals surface area contributed by atoms with Gasteiger partial charge in [-0.1, -0.05) is 0 Å². The molecule has 1 atom stereocenters. The van der Waals surface area contributed by atoms with Crippen LogP contribution in [-0.2, 0) is 4.74 Å². The molecule has 22 heavy (non-hydrogen) atoms. The second-order valence-electron chi connectivity index (χ2n) is 6.28. The maximum atomic E-state index is 12.2. The summed E-state index contributed by atoms with van der Waals surface area (Å²) in [6.45, 7) is 6.37. The lowest BCUT2D eigenvalue weighted by molar-refractivity contribution is 0.0242. The first-order chi connectivity index (χ1) is 10.4. The Morgan fingerprint density at radius 2 is 2.36 bits per heavy atom. The molecule has 1 fully saturated rings. The van der Waals surface area contributed by atoms with E-state index in [-0.39, 0.29) is 12.1 Å². The molecule has 2 rings (SSSR count). The molecule has 0 radical (unpaired) electrons. The van der Waals surface area contributed by atoms with Gasteiger partial charge in [-0.05, 0) is 45.7 Å². The highest BCUT2D eigenvalue weighted by atomic mass is 32.2. The lowest BCUT2D eigenvalue weighted by Gasteiger charge is -2.28. The van der Waals surface area contributed by atoms with E-state index in [2.05, 4.69) is 11.1 Å². The fraction of sp³-hybridized carbons (Fsp3) is 0.562. The first-order valence-corrected chi connectivity index (χ1v) is 8.36. The van der Waals surface area contributed by atoms with E-state index in [9.17, 15) is 4.79 Å². The lowest BCUT2D eigenvalue weighted by atomic mass is 10.2. The number of aromatic nitrogens is 1. The predicted octanol–water partition coefficient (Wildman–Crippen LogP) is 3.44. The van der Waals surface area contributed by atoms with Gasteiger partial charge in [0.1, 0.15) is 5.60 Å². The number of carbonyl (C=O) groups excluding carboxylic acids is 1. The number of nitriles is 1. The van der Waals surface area contributed by atoms with Gasteiger partial charge in [0.15, 0.2) is 0 Å². The van der Waals surface area contributed by atoms with E-state index >= 15 is 0 Å². The van der Waals surface area contributed by atoms with Crippen molar-refractivity contribution < 1.29 is 9.53 Å². The van der Waals surface area contributed by atoms with Crippen LogP contribution >= 0.6 is 11.8 Å². The third kappa shape index (κ3) is 4.63. The van der Waals surface area contributed by atoms with Crippen molar-refractivity contribution in [3.63, 3.8) is 0 Å². The van der Waals surface area contributed by atoms with Gasteiger partial charge in [-0.3, -0.25) is 0 Å². The summed E-state index contributed by atoms with van der Waals surface area (Å²) in [6, 6.07) is 5.73. The monoisotopic (exact) mass is 319 g/mol. The molecule has 0 aliphatic carbocycles. The van der Waals surface area contributed by atoms with Gasteiger partial charge in [-0.25, -0.2) is 9.78 Å². The number of amides is 1. The Kier molecular flexibility index (Phi) is 5.30. The molecule has 1 aliphatic rings. The number of nitrogens with zero attached hydrogens (tertiary/aromatic N) is 3. The van der Waals surface area contributed by atoms with Crippen LogP contribution in [0.25, 0.3) is 0 Å². The molecule has 0 N–H and O–H groups in total. The quantitative estimate of drug-likeness (QED) is 0.798. The third-order valence-electron chi connectivity index (χ3n) is 3.29. The molecule has 0 aromatic carbocycles. The number of pyridine rings is 1. The number of hydrogen-bond acceptors (Lipinski definition) is 5. The molecule has 2 heterocycles. The van der Waals surface area contributed by atoms with Crippen molar-refractivity contribution in [3.05, 3.63) is 23.9 Å². The molecule has 1 saturated heterocycles. The normalized spacial score (nSPS) is 18.1. The van der Waals surface area contributed by atoms with Crippen molar-refractivity contribution in [2.45, 2.75) is 50.3 Å². The van der Waals surface area contributed by atoms with E-state index in [0.29, 0.717) is 5.56 Å². The maximum Gasteiger partial charge on any atom is 0.410 e. The van der Waals surface area contributed by atoms with Crippen LogP contribution in [-0.4, -0.2) is 39.9 Å². The number of ether oxygens (including phenoxy) is 1. The van der Waals surface area contributed by atoms with E-state index < -0.39 is 5.60 Å². The second kappa shape index (κ2) is 7.01. The van der Waals surface area contributed by atoms with E-state index in [4.69, 9.17) is 10.00 Å². The summed E-state index contributed by atoms with van der Waals surface area (Å²) in [6.07, 6.45) is 3.37. The Labute approximate surface area is 135 Å². The summed E-state index contributed by atoms with van der Waals surface area (Å²) < 4.78 is 5.46. The summed E-state index contributed by atoms with van der Waals surface area (Å²) in [4.78, 5) is 18.3. The Bertz CT molecular complexity index is 577. The van der Waals surface area contributed by atoms with Crippen molar-refractivity contribution in [3.8, 4) is 6.07 Å². The number of likely N-dealkylation sites (tertiary alicyclic amines) is 1. The van der Waals surface area contributed by atoms with E-state index in [1.165, 1.54) is 0 Å². The molecule has 1 aromatic heterocycles. The van der Waals surface area contributed by atoms with Crippen molar-refractivity contribution in [2.75, 3.05) is 12.3 Å². The number of hydrogen-bond donors (Lipinski definition) is 0. The smallest absolute Gasteiger partial charge is 0.410 e. The largest absolute Gasteiger partial charge is 0.444 e. The van der Waals surface area contributed by atoms with Gasteiger partial charge in [-0.15, -0.1) is 11.8 Å². The van der Waals surface area contributed by atoms with Gasteiger partial charge >= 0.3 is 6.09 Å². The van der Waals surface area contributed by atoms with Gasteiger partial charge in [0.25, 0.3) is 0 Å². The molecule has 1 aliphatic heterocycles. The van der Waals surface area contributed by atoms with Crippen LogP contribution in [0.2, 0.25) is 0 Å². The fourth-order valence-electron chi connectivity index (χ4n) is 2.31. The van der Waals surface area contributed by atoms with Crippen molar-refractivity contribution in [1.29, 1.82) is 5.26 Å². The fourth-order valence-corrected chi connectivity index (χ4v) is 3.36. The number of thioether (sulfide) groups is 1. The first-order valence-electron chi connectivity index (χ1n) is 7.37. The Morgan fingerprint density at radius 1 is 1.59 bits per heavy atom. The summed E-state index contributed by atoms with van der Waals surface area (Å²) in [7, 11) is 0. The van der Waals surface area contributed by atoms with E-state index in [1.54, 1.807) is 30.1 Å². The highest BCUT2D eigenvalue weighted by Gasteiger charge is 2.32. The minimum Gasteiger partial charge on any atom is -0.444 e. The van der Waals surface area contributed by atoms with Gasteiger partial charge in [0, 0.05) is 24.5 Å². The zero-order chi connectivity index (χ0) is 16.2. The third-order valence-corrected chi connectivity index (χ3v) is 4.36. The second-order valence-corrected chi connectivity index (χ2v) is 7.32. The molecule has 5 nitrogen and oxygen atoms in total. The van der Waals surface area contributed by atoms with Crippen molar-refractivity contribution in [2.24, 2.45) is 0 Å². The molecule has 0 spiro atoms. The zero-order valence-corrected chi connectivity index (χ0v) is 14.0. The number of carbonyl (C=O) groups is 1. The molecule has 0 saturated carbocycles. The molecule has 0 unspecified atom stereocenters. The van der Waals surface area contributed by atoms with E-state index in [1.807, 2.05) is 25.7 Å². The SMILES string of the molecule is CC(C)(C)OC(=O)N1CCC[C@H]1CSc1cc(C#N)ccn1. The maximum absolute atomic E-state index is 12.2. The van der Waals surface area contributed by atoms with Crippen LogP contribution in [0, 0.1) is 11.3 Å². The minimum absolute atomic E-state index is 0.160. The first kappa shape index (κ1) is 16.6. The van der Waals surface area contributed by atoms with Crippen molar-refractivity contribution >= 4 is 17.9 Å². The molecule has 1 amide bonds. The zero-order valence-electron chi connectivity index (χ0n) is 13.2. The van der Waals surface area contributed by atoms with Crippen LogP contribution in [0.1, 0.15) is 39.2 Å². The summed E-state index contributed by atoms with van der Waals surface area (Å²) >= 11 is 1.57. The average molecular weight is 319 g/mol. The van der Waals surface area contributed by atoms with Crippen molar-refractivity contribution in [1.82, 2.24) is 9.88 Å². The van der Waals surface area contributed by atoms with E-state index in [0.717, 1.165) is 30.2 Å².